The monoisotopic (exact) mass is 557 g/mol. The summed E-state index contributed by atoms with van der Waals surface area (Å²) in [4.78, 5) is 38.9. The topological polar surface area (TPSA) is 71.4 Å². The Balaban J connectivity index is 1.53. The third kappa shape index (κ3) is 4.66. The van der Waals surface area contributed by atoms with Gasteiger partial charge in [0, 0.05) is 26.3 Å². The van der Waals surface area contributed by atoms with E-state index in [-0.39, 0.29) is 6.54 Å². The van der Waals surface area contributed by atoms with Crippen molar-refractivity contribution in [3.8, 4) is 5.69 Å². The van der Waals surface area contributed by atoms with E-state index < -0.39 is 17.1 Å². The van der Waals surface area contributed by atoms with Gasteiger partial charge in [0.1, 0.15) is 6.54 Å². The number of aryl methyl sites for hydroxylation is 1. The van der Waals surface area contributed by atoms with E-state index >= 15 is 0 Å². The second-order valence-electron chi connectivity index (χ2n) is 7.32. The number of thioether (sulfide) groups is 1. The SMILES string of the molecule is Cc1cc(/C=C2\SC(=O)N(CC(=O)Nc3ccccc3)C2=O)c(C)n1-c1ccc(I)cc1. The minimum absolute atomic E-state index is 0.311. The van der Waals surface area contributed by atoms with Crippen molar-refractivity contribution in [2.75, 3.05) is 11.9 Å². The number of carbonyl (C=O) groups excluding carboxylic acids is 3. The van der Waals surface area contributed by atoms with Gasteiger partial charge in [0.2, 0.25) is 5.91 Å². The molecule has 8 heteroatoms. The highest BCUT2D eigenvalue weighted by molar-refractivity contribution is 14.1. The third-order valence-electron chi connectivity index (χ3n) is 5.07. The van der Waals surface area contributed by atoms with Crippen molar-refractivity contribution in [3.63, 3.8) is 0 Å². The molecule has 32 heavy (non-hydrogen) atoms. The lowest BCUT2D eigenvalue weighted by atomic mass is 10.2. The number of benzene rings is 2. The van der Waals surface area contributed by atoms with Gasteiger partial charge in [-0.05, 0) is 102 Å². The van der Waals surface area contributed by atoms with Gasteiger partial charge in [-0.2, -0.15) is 0 Å². The molecule has 1 fully saturated rings. The van der Waals surface area contributed by atoms with Gasteiger partial charge < -0.3 is 9.88 Å². The molecule has 1 aromatic heterocycles. The number of nitrogens with zero attached hydrogens (tertiary/aromatic N) is 2. The Morgan fingerprint density at radius 3 is 2.44 bits per heavy atom. The molecule has 162 valence electrons. The predicted molar refractivity (Wildman–Crippen MR) is 136 cm³/mol. The van der Waals surface area contributed by atoms with E-state index in [1.54, 1.807) is 30.3 Å². The zero-order valence-electron chi connectivity index (χ0n) is 17.5. The summed E-state index contributed by atoms with van der Waals surface area (Å²) in [7, 11) is 0. The average Bonchev–Trinajstić information content (AvgIpc) is 3.19. The van der Waals surface area contributed by atoms with Crippen LogP contribution < -0.4 is 5.32 Å². The molecule has 3 amide bonds. The van der Waals surface area contributed by atoms with Gasteiger partial charge in [-0.1, -0.05) is 18.2 Å². The number of amides is 3. The Hall–Kier alpha value is -2.85. The van der Waals surface area contributed by atoms with Crippen molar-refractivity contribution >= 4 is 63.2 Å². The first-order valence-electron chi connectivity index (χ1n) is 9.88. The van der Waals surface area contributed by atoms with Crippen LogP contribution in [-0.2, 0) is 9.59 Å². The highest BCUT2D eigenvalue weighted by atomic mass is 127. The number of para-hydroxylation sites is 1. The molecule has 0 spiro atoms. The highest BCUT2D eigenvalue weighted by Gasteiger charge is 2.36. The molecule has 1 aliphatic rings. The number of nitrogens with one attached hydrogen (secondary N) is 1. The van der Waals surface area contributed by atoms with Gasteiger partial charge in [-0.15, -0.1) is 0 Å². The van der Waals surface area contributed by atoms with Crippen molar-refractivity contribution in [1.82, 2.24) is 9.47 Å². The Kier molecular flexibility index (Phi) is 6.52. The molecule has 6 nitrogen and oxygen atoms in total. The van der Waals surface area contributed by atoms with Crippen LogP contribution in [0.2, 0.25) is 0 Å². The Morgan fingerprint density at radius 2 is 1.75 bits per heavy atom. The summed E-state index contributed by atoms with van der Waals surface area (Å²) in [6.07, 6.45) is 1.73. The molecule has 4 rings (SSSR count). The maximum Gasteiger partial charge on any atom is 0.294 e. The minimum Gasteiger partial charge on any atom is -0.325 e. The van der Waals surface area contributed by atoms with Crippen molar-refractivity contribution < 1.29 is 14.4 Å². The maximum absolute atomic E-state index is 12.8. The molecule has 2 aromatic carbocycles. The molecule has 0 bridgehead atoms. The molecular formula is C24H20IN3O3S. The van der Waals surface area contributed by atoms with Crippen LogP contribution in [0, 0.1) is 17.4 Å². The molecule has 1 N–H and O–H groups in total. The van der Waals surface area contributed by atoms with E-state index in [2.05, 4.69) is 32.5 Å². The molecule has 0 saturated carbocycles. The van der Waals surface area contributed by atoms with Crippen LogP contribution in [0.1, 0.15) is 17.0 Å². The highest BCUT2D eigenvalue weighted by Crippen LogP contribution is 2.33. The summed E-state index contributed by atoms with van der Waals surface area (Å²) >= 11 is 3.12. The van der Waals surface area contributed by atoms with Crippen LogP contribution in [0.25, 0.3) is 11.8 Å². The van der Waals surface area contributed by atoms with Gasteiger partial charge in [-0.25, -0.2) is 0 Å². The molecule has 0 unspecified atom stereocenters. The first-order valence-corrected chi connectivity index (χ1v) is 11.8. The molecule has 2 heterocycles. The number of hydrogen-bond donors (Lipinski definition) is 1. The largest absolute Gasteiger partial charge is 0.325 e. The first kappa shape index (κ1) is 22.3. The van der Waals surface area contributed by atoms with Crippen LogP contribution in [-0.4, -0.2) is 33.1 Å². The molecule has 3 aromatic rings. The van der Waals surface area contributed by atoms with Crippen LogP contribution >= 0.6 is 34.4 Å². The zero-order valence-corrected chi connectivity index (χ0v) is 20.4. The van der Waals surface area contributed by atoms with Gasteiger partial charge in [0.15, 0.2) is 0 Å². The number of imide groups is 1. The second kappa shape index (κ2) is 9.33. The fourth-order valence-electron chi connectivity index (χ4n) is 3.56. The van der Waals surface area contributed by atoms with Crippen molar-refractivity contribution in [1.29, 1.82) is 0 Å². The van der Waals surface area contributed by atoms with E-state index in [0.717, 1.165) is 42.9 Å². The van der Waals surface area contributed by atoms with E-state index in [9.17, 15) is 14.4 Å². The van der Waals surface area contributed by atoms with E-state index in [1.165, 1.54) is 0 Å². The van der Waals surface area contributed by atoms with Gasteiger partial charge in [-0.3, -0.25) is 19.3 Å². The molecule has 0 radical (unpaired) electrons. The first-order chi connectivity index (χ1) is 15.3. The number of carbonyl (C=O) groups is 3. The lowest BCUT2D eigenvalue weighted by Crippen LogP contribution is -2.36. The number of aromatic nitrogens is 1. The molecule has 0 atom stereocenters. The normalized spacial score (nSPS) is 15.0. The van der Waals surface area contributed by atoms with Crippen LogP contribution in [0.5, 0.6) is 0 Å². The van der Waals surface area contributed by atoms with Crippen molar-refractivity contribution in [2.24, 2.45) is 0 Å². The van der Waals surface area contributed by atoms with Crippen LogP contribution in [0.3, 0.4) is 0 Å². The fourth-order valence-corrected chi connectivity index (χ4v) is 4.75. The summed E-state index contributed by atoms with van der Waals surface area (Å²) in [5, 5.41) is 2.25. The van der Waals surface area contributed by atoms with Gasteiger partial charge in [0.05, 0.1) is 4.91 Å². The average molecular weight is 557 g/mol. The zero-order chi connectivity index (χ0) is 22.8. The number of hydrogen-bond acceptors (Lipinski definition) is 4. The quantitative estimate of drug-likeness (QED) is 0.338. The summed E-state index contributed by atoms with van der Waals surface area (Å²) in [5.41, 5.74) is 4.50. The molecular weight excluding hydrogens is 537 g/mol. The fraction of sp³-hybridized carbons (Fsp3) is 0.125. The number of anilines is 1. The van der Waals surface area contributed by atoms with E-state index in [4.69, 9.17) is 0 Å². The second-order valence-corrected chi connectivity index (χ2v) is 9.56. The van der Waals surface area contributed by atoms with Crippen LogP contribution in [0.15, 0.2) is 65.6 Å². The number of rotatable bonds is 5. The van der Waals surface area contributed by atoms with E-state index in [0.29, 0.717) is 10.6 Å². The maximum atomic E-state index is 12.8. The standard InChI is InChI=1S/C24H20IN3O3S/c1-15-12-17(16(2)28(15)20-10-8-18(25)9-11-20)13-21-23(30)27(24(31)32-21)14-22(29)26-19-6-4-3-5-7-19/h3-13H,14H2,1-2H3,(H,26,29)/b21-13-. The van der Waals surface area contributed by atoms with Crippen molar-refractivity contribution in [2.45, 2.75) is 13.8 Å². The third-order valence-corrected chi connectivity index (χ3v) is 6.70. The summed E-state index contributed by atoms with van der Waals surface area (Å²) in [6, 6.07) is 19.1. The molecule has 0 aliphatic carbocycles. The predicted octanol–water partition coefficient (Wildman–Crippen LogP) is 5.37. The summed E-state index contributed by atoms with van der Waals surface area (Å²) < 4.78 is 3.26. The number of halogens is 1. The van der Waals surface area contributed by atoms with Crippen LogP contribution in [0.4, 0.5) is 10.5 Å². The Labute approximate surface area is 203 Å². The lowest BCUT2D eigenvalue weighted by Gasteiger charge is -2.12. The molecule has 1 aliphatic heterocycles. The van der Waals surface area contributed by atoms with Gasteiger partial charge >= 0.3 is 0 Å². The lowest BCUT2D eigenvalue weighted by molar-refractivity contribution is -0.127. The smallest absolute Gasteiger partial charge is 0.294 e. The van der Waals surface area contributed by atoms with Crippen molar-refractivity contribution in [3.05, 3.63) is 86.1 Å². The van der Waals surface area contributed by atoms with E-state index in [1.807, 2.05) is 50.2 Å². The molecule has 1 saturated heterocycles. The van der Waals surface area contributed by atoms with Gasteiger partial charge in [0.25, 0.3) is 11.1 Å². The minimum atomic E-state index is -0.456. The Bertz CT molecular complexity index is 1230. The summed E-state index contributed by atoms with van der Waals surface area (Å²) in [6.45, 7) is 3.66. The Morgan fingerprint density at radius 1 is 1.06 bits per heavy atom. The summed E-state index contributed by atoms with van der Waals surface area (Å²) in [5.74, 6) is -0.876.